The Bertz CT molecular complexity index is 2420. The van der Waals surface area contributed by atoms with Crippen molar-refractivity contribution in [2.75, 3.05) is 23.7 Å². The van der Waals surface area contributed by atoms with Crippen LogP contribution in [0.3, 0.4) is 0 Å². The molecule has 1 aromatic heterocycles. The maximum absolute atomic E-state index is 14.1. The summed E-state index contributed by atoms with van der Waals surface area (Å²) < 4.78 is 6.13. The Kier molecular flexibility index (Phi) is 11.8. The van der Waals surface area contributed by atoms with E-state index in [1.165, 1.54) is 0 Å². The zero-order valence-corrected chi connectivity index (χ0v) is 36.7. The minimum atomic E-state index is -1.03. The van der Waals surface area contributed by atoms with Gasteiger partial charge in [0.25, 0.3) is 0 Å². The third kappa shape index (κ3) is 8.52. The quantitative estimate of drug-likeness (QED) is 0.135. The van der Waals surface area contributed by atoms with Crippen molar-refractivity contribution < 1.29 is 33.2 Å². The molecular weight excluding hydrogens is 823 g/mol. The van der Waals surface area contributed by atoms with Crippen molar-refractivity contribution in [3.05, 3.63) is 127 Å². The van der Waals surface area contributed by atoms with Gasteiger partial charge in [-0.1, -0.05) is 60.7 Å². The van der Waals surface area contributed by atoms with Crippen molar-refractivity contribution in [3.8, 4) is 22.8 Å². The number of nitrogens with zero attached hydrogens (tertiary/aromatic N) is 5. The lowest BCUT2D eigenvalue weighted by Gasteiger charge is -2.38. The molecule has 4 aliphatic heterocycles. The number of benzene rings is 4. The summed E-state index contributed by atoms with van der Waals surface area (Å²) >= 11 is 0. The summed E-state index contributed by atoms with van der Waals surface area (Å²) in [6.07, 6.45) is 5.46. The molecule has 4 unspecified atom stereocenters. The highest BCUT2D eigenvalue weighted by Crippen LogP contribution is 2.38. The topological polar surface area (TPSA) is 165 Å². The van der Waals surface area contributed by atoms with Crippen molar-refractivity contribution >= 4 is 46.8 Å². The monoisotopic (exact) mass is 875 g/mol. The maximum atomic E-state index is 14.1. The third-order valence-electron chi connectivity index (χ3n) is 13.7. The molecule has 9 rings (SSSR count). The van der Waals surface area contributed by atoms with E-state index >= 15 is 0 Å². The van der Waals surface area contributed by atoms with E-state index in [1.807, 2.05) is 86.6 Å². The van der Waals surface area contributed by atoms with Gasteiger partial charge in [-0.2, -0.15) is 0 Å². The van der Waals surface area contributed by atoms with Crippen molar-refractivity contribution in [2.24, 2.45) is 0 Å². The first-order chi connectivity index (χ1) is 31.4. The van der Waals surface area contributed by atoms with Gasteiger partial charge >= 0.3 is 0 Å². The summed E-state index contributed by atoms with van der Waals surface area (Å²) in [6.45, 7) is 5.21. The van der Waals surface area contributed by atoms with Crippen LogP contribution in [0, 0.1) is 0 Å². The second-order valence-electron chi connectivity index (χ2n) is 18.0. The van der Waals surface area contributed by atoms with Gasteiger partial charge in [0.1, 0.15) is 23.2 Å². The van der Waals surface area contributed by atoms with E-state index in [4.69, 9.17) is 4.42 Å². The second kappa shape index (κ2) is 17.8. The lowest BCUT2D eigenvalue weighted by atomic mass is 9.95. The summed E-state index contributed by atoms with van der Waals surface area (Å²) in [5, 5.41) is 5.97. The molecule has 14 nitrogen and oxygen atoms in total. The molecule has 334 valence electrons. The van der Waals surface area contributed by atoms with E-state index in [0.29, 0.717) is 93.3 Å². The number of amides is 6. The molecule has 6 amide bonds. The molecule has 2 N–H and O–H groups in total. The highest BCUT2D eigenvalue weighted by molar-refractivity contribution is 6.02. The van der Waals surface area contributed by atoms with E-state index in [9.17, 15) is 28.8 Å². The number of oxazole rings is 1. The smallest absolute Gasteiger partial charge is 0.248 e. The molecule has 4 fully saturated rings. The number of rotatable bonds is 12. The van der Waals surface area contributed by atoms with Crippen LogP contribution >= 0.6 is 0 Å². The Morgan fingerprint density at radius 1 is 0.615 bits per heavy atom. The Morgan fingerprint density at radius 3 is 1.49 bits per heavy atom. The molecule has 0 aliphatic carbocycles. The molecule has 0 spiro atoms. The van der Waals surface area contributed by atoms with Crippen molar-refractivity contribution in [2.45, 2.75) is 101 Å². The maximum Gasteiger partial charge on any atom is 0.248 e. The van der Waals surface area contributed by atoms with Gasteiger partial charge in [0.2, 0.25) is 41.3 Å². The van der Waals surface area contributed by atoms with Crippen LogP contribution in [0.2, 0.25) is 0 Å². The normalized spacial score (nSPS) is 23.0. The molecule has 14 heteroatoms. The van der Waals surface area contributed by atoms with E-state index in [1.54, 1.807) is 62.2 Å². The van der Waals surface area contributed by atoms with Crippen LogP contribution < -0.4 is 10.6 Å². The number of nitrogens with one attached hydrogen (secondary N) is 2. The summed E-state index contributed by atoms with van der Waals surface area (Å²) in [4.78, 5) is 92.7. The predicted molar refractivity (Wildman–Crippen MR) is 243 cm³/mol. The van der Waals surface area contributed by atoms with Gasteiger partial charge in [-0.25, -0.2) is 4.98 Å². The van der Waals surface area contributed by atoms with Crippen LogP contribution in [-0.4, -0.2) is 96.3 Å². The first kappa shape index (κ1) is 43.2. The van der Waals surface area contributed by atoms with Crippen LogP contribution in [0.1, 0.15) is 76.3 Å². The van der Waals surface area contributed by atoms with E-state index in [-0.39, 0.29) is 48.3 Å². The first-order valence-corrected chi connectivity index (χ1v) is 22.5. The van der Waals surface area contributed by atoms with Gasteiger partial charge in [0.15, 0.2) is 5.76 Å². The summed E-state index contributed by atoms with van der Waals surface area (Å²) in [5.41, 5.74) is 2.41. The number of carbonyl (C=O) groups excluding carboxylic acids is 6. The molecule has 0 radical (unpaired) electrons. The zero-order chi connectivity index (χ0) is 45.3. The number of hydrogen-bond acceptors (Lipinski definition) is 8. The number of carbonyl (C=O) groups is 6. The molecule has 4 aliphatic rings. The average Bonchev–Trinajstić information content (AvgIpc) is 4.19. The molecule has 5 aromatic rings. The number of likely N-dealkylation sites (tertiary alicyclic amines) is 4. The second-order valence-corrected chi connectivity index (χ2v) is 18.0. The minimum Gasteiger partial charge on any atom is -0.436 e. The van der Waals surface area contributed by atoms with Crippen molar-refractivity contribution in [3.63, 3.8) is 0 Å². The van der Waals surface area contributed by atoms with Gasteiger partial charge in [-0.3, -0.25) is 28.8 Å². The van der Waals surface area contributed by atoms with E-state index in [2.05, 4.69) is 15.6 Å². The molecule has 4 aromatic carbocycles. The van der Waals surface area contributed by atoms with Gasteiger partial charge in [0.05, 0.1) is 6.20 Å². The Balaban J connectivity index is 0.797. The fraction of sp³-hybridized carbons (Fsp3) is 0.353. The predicted octanol–water partition coefficient (Wildman–Crippen LogP) is 7.03. The van der Waals surface area contributed by atoms with E-state index in [0.717, 1.165) is 16.7 Å². The van der Waals surface area contributed by atoms with Crippen LogP contribution in [0.25, 0.3) is 22.8 Å². The van der Waals surface area contributed by atoms with Crippen molar-refractivity contribution in [1.82, 2.24) is 24.6 Å². The largest absolute Gasteiger partial charge is 0.436 e. The van der Waals surface area contributed by atoms with Gasteiger partial charge in [0, 0.05) is 61.5 Å². The Hall–Kier alpha value is -7.09. The number of aromatic nitrogens is 1. The fourth-order valence-corrected chi connectivity index (χ4v) is 9.88. The first-order valence-electron chi connectivity index (χ1n) is 22.5. The Morgan fingerprint density at radius 2 is 1.05 bits per heavy atom. The molecule has 0 bridgehead atoms. The van der Waals surface area contributed by atoms with Crippen molar-refractivity contribution in [1.29, 1.82) is 0 Å². The minimum absolute atomic E-state index is 0.0627. The molecular formula is C51H53N7O7. The lowest BCUT2D eigenvalue weighted by molar-refractivity contribution is -0.150. The lowest BCUT2D eigenvalue weighted by Crippen LogP contribution is -2.57. The SMILES string of the molecule is CC1(C(=O)N2CCCC2C(=O)Nc2ccc(-c3cnc(-c4ccc(NC(=O)C5CCCN5C(=O)C5(C)CCC(=O)N5Cc5ccccc5)cc4)o3)cc2)CCC(=O)N1Cc1ccccc1. The molecule has 4 atom stereocenters. The van der Waals surface area contributed by atoms with E-state index < -0.39 is 23.2 Å². The molecule has 5 heterocycles. The van der Waals surface area contributed by atoms with Crippen LogP contribution in [0.5, 0.6) is 0 Å². The van der Waals surface area contributed by atoms with Crippen LogP contribution in [-0.2, 0) is 41.9 Å². The van der Waals surface area contributed by atoms with Gasteiger partial charge < -0.3 is 34.7 Å². The number of hydrogen-bond donors (Lipinski definition) is 2. The van der Waals surface area contributed by atoms with Crippen LogP contribution in [0.15, 0.2) is 120 Å². The summed E-state index contributed by atoms with van der Waals surface area (Å²) in [6, 6.07) is 32.3. The average molecular weight is 876 g/mol. The third-order valence-corrected chi connectivity index (χ3v) is 13.7. The Labute approximate surface area is 378 Å². The van der Waals surface area contributed by atoms with Crippen LogP contribution in [0.4, 0.5) is 11.4 Å². The zero-order valence-electron chi connectivity index (χ0n) is 36.7. The molecule has 0 saturated carbocycles. The molecule has 65 heavy (non-hydrogen) atoms. The van der Waals surface area contributed by atoms with Gasteiger partial charge in [-0.15, -0.1) is 0 Å². The molecule has 4 saturated heterocycles. The van der Waals surface area contributed by atoms with Gasteiger partial charge in [-0.05, 0) is 112 Å². The highest BCUT2D eigenvalue weighted by atomic mass is 16.4. The standard InChI is InChI=1S/C51H53N7O7/c1-50(27-25-43(59)57(50)32-34-11-5-3-6-12-34)48(63)55-29-9-15-40(55)45(61)53-38-21-17-36(18-22-38)42-31-52-47(65-42)37-19-23-39(24-20-37)54-46(62)41-16-10-30-56(41)49(64)51(2)28-26-44(60)58(51)33-35-13-7-4-8-14-35/h3-8,11-14,17-24,31,40-41H,9-10,15-16,25-30,32-33H2,1-2H3,(H,53,61)(H,54,62). The highest BCUT2D eigenvalue weighted by Gasteiger charge is 2.53. The summed E-state index contributed by atoms with van der Waals surface area (Å²) in [5.74, 6) is -0.169. The fourth-order valence-electron chi connectivity index (χ4n) is 9.88. The summed E-state index contributed by atoms with van der Waals surface area (Å²) in [7, 11) is 0. The number of anilines is 2.